The molecule has 1 aliphatic carbocycles. The Morgan fingerprint density at radius 3 is 2.48 bits per heavy atom. The maximum atomic E-state index is 12.9. The van der Waals surface area contributed by atoms with Crippen LogP contribution in [0, 0.1) is 19.3 Å². The first-order valence-electron chi connectivity index (χ1n) is 7.90. The highest BCUT2D eigenvalue weighted by atomic mass is 16.5. The second-order valence-corrected chi connectivity index (χ2v) is 6.52. The fraction of sp³-hybridized carbons (Fsp3) is 0.611. The largest absolute Gasteiger partial charge is 0.496 e. The van der Waals surface area contributed by atoms with Crippen molar-refractivity contribution in [3.05, 3.63) is 28.8 Å². The minimum atomic E-state index is -0.00231. The van der Waals surface area contributed by atoms with Crippen LogP contribution in [-0.4, -0.2) is 19.4 Å². The van der Waals surface area contributed by atoms with Crippen molar-refractivity contribution in [3.63, 3.8) is 0 Å². The highest BCUT2D eigenvalue weighted by Crippen LogP contribution is 2.40. The molecule has 21 heavy (non-hydrogen) atoms. The van der Waals surface area contributed by atoms with Crippen molar-refractivity contribution in [2.24, 2.45) is 11.1 Å². The van der Waals surface area contributed by atoms with Crippen molar-refractivity contribution < 1.29 is 9.53 Å². The lowest BCUT2D eigenvalue weighted by molar-refractivity contribution is 0.0864. The van der Waals surface area contributed by atoms with Gasteiger partial charge in [0.1, 0.15) is 5.75 Å². The van der Waals surface area contributed by atoms with Crippen LogP contribution in [0.2, 0.25) is 0 Å². The summed E-state index contributed by atoms with van der Waals surface area (Å²) in [7, 11) is 1.63. The van der Waals surface area contributed by atoms with Crippen LogP contribution in [0.1, 0.15) is 60.0 Å². The van der Waals surface area contributed by atoms with Gasteiger partial charge < -0.3 is 10.5 Å². The van der Waals surface area contributed by atoms with Gasteiger partial charge in [0.05, 0.1) is 12.7 Å². The molecular weight excluding hydrogens is 262 g/mol. The number of nitrogens with two attached hydrogens (primary N) is 1. The van der Waals surface area contributed by atoms with E-state index in [-0.39, 0.29) is 11.2 Å². The molecule has 3 heteroatoms. The Kier molecular flexibility index (Phi) is 5.04. The topological polar surface area (TPSA) is 52.3 Å². The van der Waals surface area contributed by atoms with Crippen LogP contribution < -0.4 is 10.5 Å². The van der Waals surface area contributed by atoms with Gasteiger partial charge in [-0.05, 0) is 55.8 Å². The molecule has 0 unspecified atom stereocenters. The van der Waals surface area contributed by atoms with Gasteiger partial charge >= 0.3 is 0 Å². The second kappa shape index (κ2) is 6.61. The molecule has 0 aromatic heterocycles. The van der Waals surface area contributed by atoms with Crippen LogP contribution in [0.5, 0.6) is 5.75 Å². The van der Waals surface area contributed by atoms with Crippen LogP contribution >= 0.6 is 0 Å². The van der Waals surface area contributed by atoms with Crippen molar-refractivity contribution in [1.82, 2.24) is 0 Å². The molecule has 0 atom stereocenters. The van der Waals surface area contributed by atoms with E-state index in [0.717, 1.165) is 29.5 Å². The smallest absolute Gasteiger partial charge is 0.167 e. The van der Waals surface area contributed by atoms with Crippen molar-refractivity contribution in [2.45, 2.75) is 52.4 Å². The molecule has 0 spiro atoms. The van der Waals surface area contributed by atoms with E-state index in [1.165, 1.54) is 19.3 Å². The summed E-state index contributed by atoms with van der Waals surface area (Å²) in [5.74, 6) is 0.872. The summed E-state index contributed by atoms with van der Waals surface area (Å²) in [6.45, 7) is 4.61. The first kappa shape index (κ1) is 16.0. The van der Waals surface area contributed by atoms with Gasteiger partial charge in [0, 0.05) is 6.42 Å². The van der Waals surface area contributed by atoms with E-state index in [1.54, 1.807) is 7.11 Å². The van der Waals surface area contributed by atoms with Crippen molar-refractivity contribution in [3.8, 4) is 5.75 Å². The number of ether oxygens (including phenoxy) is 1. The van der Waals surface area contributed by atoms with Gasteiger partial charge in [-0.1, -0.05) is 25.3 Å². The highest BCUT2D eigenvalue weighted by Gasteiger charge is 2.34. The van der Waals surface area contributed by atoms with Crippen LogP contribution in [0.3, 0.4) is 0 Å². The van der Waals surface area contributed by atoms with Crippen LogP contribution in [0.4, 0.5) is 0 Å². The number of carbonyl (C=O) groups excluding carboxylic acids is 1. The minimum absolute atomic E-state index is 0.00231. The number of methoxy groups -OCH3 is 1. The summed E-state index contributed by atoms with van der Waals surface area (Å²) in [6.07, 6.45) is 6.33. The van der Waals surface area contributed by atoms with Crippen molar-refractivity contribution in [2.75, 3.05) is 13.7 Å². The zero-order chi connectivity index (χ0) is 15.5. The quantitative estimate of drug-likeness (QED) is 0.839. The van der Waals surface area contributed by atoms with E-state index in [4.69, 9.17) is 10.5 Å². The predicted octanol–water partition coefficient (Wildman–Crippen LogP) is 3.79. The average Bonchev–Trinajstić information content (AvgIpc) is 2.47. The Labute approximate surface area is 127 Å². The molecule has 3 nitrogen and oxygen atoms in total. The third kappa shape index (κ3) is 3.46. The number of Topliss-reactive ketones (excluding diaryl/α,β-unsaturated/α-hetero) is 1. The molecule has 0 bridgehead atoms. The second-order valence-electron chi connectivity index (χ2n) is 6.52. The SMILES string of the molecule is COc1cc(C)cc(C)c1C(=O)CC1(CN)CCCCC1. The number of aryl methyl sites for hydroxylation is 2. The predicted molar refractivity (Wildman–Crippen MR) is 86.0 cm³/mol. The molecule has 0 saturated heterocycles. The van der Waals surface area contributed by atoms with E-state index in [9.17, 15) is 4.79 Å². The first-order chi connectivity index (χ1) is 10.0. The number of ketones is 1. The number of hydrogen-bond acceptors (Lipinski definition) is 3. The maximum Gasteiger partial charge on any atom is 0.167 e. The molecule has 1 aromatic rings. The summed E-state index contributed by atoms with van der Waals surface area (Å²) in [5, 5.41) is 0. The van der Waals surface area contributed by atoms with Gasteiger partial charge in [-0.3, -0.25) is 4.79 Å². The normalized spacial score (nSPS) is 17.5. The maximum absolute atomic E-state index is 12.9. The molecule has 0 heterocycles. The van der Waals surface area contributed by atoms with Gasteiger partial charge in [-0.15, -0.1) is 0 Å². The molecule has 1 aromatic carbocycles. The standard InChI is InChI=1S/C18H27NO2/c1-13-9-14(2)17(16(10-13)21-3)15(20)11-18(12-19)7-5-4-6-8-18/h9-10H,4-8,11-12,19H2,1-3H3. The van der Waals surface area contributed by atoms with Gasteiger partial charge in [0.2, 0.25) is 0 Å². The Bertz CT molecular complexity index is 516. The molecule has 0 aliphatic heterocycles. The van der Waals surface area contributed by atoms with E-state index in [1.807, 2.05) is 26.0 Å². The van der Waals surface area contributed by atoms with Crippen LogP contribution in [-0.2, 0) is 0 Å². The summed E-state index contributed by atoms with van der Waals surface area (Å²) >= 11 is 0. The molecule has 116 valence electrons. The molecule has 0 amide bonds. The monoisotopic (exact) mass is 289 g/mol. The Morgan fingerprint density at radius 1 is 1.24 bits per heavy atom. The van der Waals surface area contributed by atoms with E-state index >= 15 is 0 Å². The number of carbonyl (C=O) groups is 1. The van der Waals surface area contributed by atoms with Crippen molar-refractivity contribution in [1.29, 1.82) is 0 Å². The van der Waals surface area contributed by atoms with Gasteiger partial charge in [-0.25, -0.2) is 0 Å². The minimum Gasteiger partial charge on any atom is -0.496 e. The summed E-state index contributed by atoms with van der Waals surface area (Å²) in [4.78, 5) is 12.9. The molecule has 0 radical (unpaired) electrons. The lowest BCUT2D eigenvalue weighted by Gasteiger charge is -2.36. The number of rotatable bonds is 5. The molecule has 1 fully saturated rings. The lowest BCUT2D eigenvalue weighted by Crippen LogP contribution is -2.35. The Hall–Kier alpha value is -1.35. The van der Waals surface area contributed by atoms with E-state index in [2.05, 4.69) is 0 Å². The van der Waals surface area contributed by atoms with E-state index < -0.39 is 0 Å². The third-order valence-corrected chi connectivity index (χ3v) is 4.83. The Balaban J connectivity index is 2.27. The molecule has 1 aliphatic rings. The van der Waals surface area contributed by atoms with Gasteiger partial charge in [0.15, 0.2) is 5.78 Å². The third-order valence-electron chi connectivity index (χ3n) is 4.83. The van der Waals surface area contributed by atoms with Gasteiger partial charge in [-0.2, -0.15) is 0 Å². The molecule has 1 saturated carbocycles. The first-order valence-corrected chi connectivity index (χ1v) is 7.90. The Morgan fingerprint density at radius 2 is 1.90 bits per heavy atom. The average molecular weight is 289 g/mol. The summed E-state index contributed by atoms with van der Waals surface area (Å²) < 4.78 is 5.43. The zero-order valence-corrected chi connectivity index (χ0v) is 13.5. The zero-order valence-electron chi connectivity index (χ0n) is 13.5. The van der Waals surface area contributed by atoms with Crippen LogP contribution in [0.25, 0.3) is 0 Å². The molecule has 2 rings (SSSR count). The fourth-order valence-corrected chi connectivity index (χ4v) is 3.63. The van der Waals surface area contributed by atoms with Crippen molar-refractivity contribution >= 4 is 5.78 Å². The molecular formula is C18H27NO2. The number of hydrogen-bond donors (Lipinski definition) is 1. The summed E-state index contributed by atoms with van der Waals surface area (Å²) in [6, 6.07) is 3.99. The highest BCUT2D eigenvalue weighted by molar-refractivity contribution is 6.00. The van der Waals surface area contributed by atoms with Gasteiger partial charge in [0.25, 0.3) is 0 Å². The van der Waals surface area contributed by atoms with Crippen LogP contribution in [0.15, 0.2) is 12.1 Å². The summed E-state index contributed by atoms with van der Waals surface area (Å²) in [5.41, 5.74) is 8.87. The fourth-order valence-electron chi connectivity index (χ4n) is 3.63. The van der Waals surface area contributed by atoms with E-state index in [0.29, 0.717) is 18.7 Å². The number of benzene rings is 1. The molecule has 2 N–H and O–H groups in total. The lowest BCUT2D eigenvalue weighted by atomic mass is 9.70.